The van der Waals surface area contributed by atoms with Crippen LogP contribution in [0.5, 0.6) is 0 Å². The van der Waals surface area contributed by atoms with Gasteiger partial charge in [-0.15, -0.1) is 0 Å². The van der Waals surface area contributed by atoms with E-state index in [0.29, 0.717) is 12.0 Å². The van der Waals surface area contributed by atoms with E-state index in [-0.39, 0.29) is 25.0 Å². The van der Waals surface area contributed by atoms with E-state index in [2.05, 4.69) is 22.5 Å². The Bertz CT molecular complexity index is 556. The molecular weight excluding hydrogens is 256 g/mol. The summed E-state index contributed by atoms with van der Waals surface area (Å²) in [5.74, 6) is 5.16. The average Bonchev–Trinajstić information content (AvgIpc) is 2.46. The van der Waals surface area contributed by atoms with Crippen LogP contribution in [0, 0.1) is 18.8 Å². The van der Waals surface area contributed by atoms with Gasteiger partial charge in [0.1, 0.15) is 0 Å². The van der Waals surface area contributed by atoms with Gasteiger partial charge in [0, 0.05) is 24.6 Å². The first-order valence-corrected chi connectivity index (χ1v) is 6.27. The van der Waals surface area contributed by atoms with Gasteiger partial charge >= 0.3 is 0 Å². The number of aryl methyl sites for hydroxylation is 1. The summed E-state index contributed by atoms with van der Waals surface area (Å²) in [7, 11) is 1.51. The molecule has 0 saturated carbocycles. The summed E-state index contributed by atoms with van der Waals surface area (Å²) in [5.41, 5.74) is 2.15. The first kappa shape index (κ1) is 15.7. The van der Waals surface area contributed by atoms with Crippen LogP contribution in [0.1, 0.15) is 27.9 Å². The molecule has 106 valence electrons. The lowest BCUT2D eigenvalue weighted by Gasteiger charge is -2.06. The SMILES string of the molecule is CNC(=O)CNC(=O)c1ccc(C)c(C#CCCO)c1. The van der Waals surface area contributed by atoms with Gasteiger partial charge in [-0.1, -0.05) is 17.9 Å². The van der Waals surface area contributed by atoms with Crippen molar-refractivity contribution in [2.24, 2.45) is 0 Å². The minimum atomic E-state index is -0.321. The molecule has 0 aliphatic carbocycles. The number of aliphatic hydroxyl groups excluding tert-OH is 1. The predicted molar refractivity (Wildman–Crippen MR) is 76.2 cm³/mol. The zero-order chi connectivity index (χ0) is 15.0. The lowest BCUT2D eigenvalue weighted by atomic mass is 10.0. The zero-order valence-electron chi connectivity index (χ0n) is 11.6. The van der Waals surface area contributed by atoms with E-state index in [1.54, 1.807) is 18.2 Å². The van der Waals surface area contributed by atoms with Crippen molar-refractivity contribution in [3.8, 4) is 11.8 Å². The maximum atomic E-state index is 11.9. The smallest absolute Gasteiger partial charge is 0.251 e. The Balaban J connectivity index is 2.81. The van der Waals surface area contributed by atoms with Crippen molar-refractivity contribution in [1.29, 1.82) is 0 Å². The number of carbonyl (C=O) groups excluding carboxylic acids is 2. The molecule has 0 aromatic heterocycles. The first-order valence-electron chi connectivity index (χ1n) is 6.27. The lowest BCUT2D eigenvalue weighted by Crippen LogP contribution is -2.35. The van der Waals surface area contributed by atoms with Crippen molar-refractivity contribution in [3.63, 3.8) is 0 Å². The van der Waals surface area contributed by atoms with Gasteiger partial charge in [0.15, 0.2) is 0 Å². The number of nitrogens with one attached hydrogen (secondary N) is 2. The number of rotatable bonds is 4. The maximum Gasteiger partial charge on any atom is 0.251 e. The molecule has 0 fully saturated rings. The monoisotopic (exact) mass is 274 g/mol. The number of carbonyl (C=O) groups is 2. The molecule has 0 aliphatic heterocycles. The number of benzene rings is 1. The van der Waals surface area contributed by atoms with E-state index < -0.39 is 0 Å². The highest BCUT2D eigenvalue weighted by atomic mass is 16.2. The van der Waals surface area contributed by atoms with Crippen molar-refractivity contribution < 1.29 is 14.7 Å². The topological polar surface area (TPSA) is 78.4 Å². The Kier molecular flexibility index (Phi) is 6.27. The molecule has 0 atom stereocenters. The molecule has 20 heavy (non-hydrogen) atoms. The van der Waals surface area contributed by atoms with E-state index in [4.69, 9.17) is 5.11 Å². The van der Waals surface area contributed by atoms with Crippen molar-refractivity contribution >= 4 is 11.8 Å². The Morgan fingerprint density at radius 1 is 1.35 bits per heavy atom. The molecular formula is C15H18N2O3. The predicted octanol–water partition coefficient (Wildman–Crippen LogP) is 0.205. The van der Waals surface area contributed by atoms with Gasteiger partial charge in [-0.2, -0.15) is 0 Å². The van der Waals surface area contributed by atoms with Crippen LogP contribution >= 0.6 is 0 Å². The quantitative estimate of drug-likeness (QED) is 0.687. The third-order valence-electron chi connectivity index (χ3n) is 2.65. The molecule has 1 aromatic carbocycles. The van der Waals surface area contributed by atoms with Crippen LogP contribution in [0.2, 0.25) is 0 Å². The summed E-state index contributed by atoms with van der Waals surface area (Å²) >= 11 is 0. The van der Waals surface area contributed by atoms with Gasteiger partial charge in [0.25, 0.3) is 5.91 Å². The summed E-state index contributed by atoms with van der Waals surface area (Å²) in [4.78, 5) is 23.0. The second kappa shape index (κ2) is 7.97. The van der Waals surface area contributed by atoms with Crippen molar-refractivity contribution in [1.82, 2.24) is 10.6 Å². The van der Waals surface area contributed by atoms with E-state index in [1.807, 2.05) is 6.92 Å². The normalized spacial score (nSPS) is 9.35. The third-order valence-corrected chi connectivity index (χ3v) is 2.65. The van der Waals surface area contributed by atoms with Crippen LogP contribution < -0.4 is 10.6 Å². The van der Waals surface area contributed by atoms with Crippen LogP contribution in [-0.2, 0) is 4.79 Å². The fourth-order valence-electron chi connectivity index (χ4n) is 1.46. The van der Waals surface area contributed by atoms with Crippen molar-refractivity contribution in [2.75, 3.05) is 20.2 Å². The molecule has 1 aromatic rings. The molecule has 1 rings (SSSR count). The molecule has 5 heteroatoms. The van der Waals surface area contributed by atoms with Crippen molar-refractivity contribution in [2.45, 2.75) is 13.3 Å². The van der Waals surface area contributed by atoms with Crippen LogP contribution in [-0.4, -0.2) is 37.1 Å². The lowest BCUT2D eigenvalue weighted by molar-refractivity contribution is -0.119. The van der Waals surface area contributed by atoms with E-state index >= 15 is 0 Å². The van der Waals surface area contributed by atoms with Crippen molar-refractivity contribution in [3.05, 3.63) is 34.9 Å². The van der Waals surface area contributed by atoms with Gasteiger partial charge < -0.3 is 15.7 Å². The van der Waals surface area contributed by atoms with Gasteiger partial charge in [-0.05, 0) is 24.6 Å². The van der Waals surface area contributed by atoms with Gasteiger partial charge in [-0.3, -0.25) is 9.59 Å². The fraction of sp³-hybridized carbons (Fsp3) is 0.333. The Hall–Kier alpha value is -2.32. The van der Waals surface area contributed by atoms with Crippen LogP contribution in [0.25, 0.3) is 0 Å². The second-order valence-electron chi connectivity index (χ2n) is 4.16. The highest BCUT2D eigenvalue weighted by Gasteiger charge is 2.08. The first-order chi connectivity index (χ1) is 9.58. The molecule has 0 saturated heterocycles. The Morgan fingerprint density at radius 2 is 2.10 bits per heavy atom. The summed E-state index contributed by atoms with van der Waals surface area (Å²) in [6.45, 7) is 1.85. The number of amides is 2. The summed E-state index contributed by atoms with van der Waals surface area (Å²) in [6, 6.07) is 5.17. The largest absolute Gasteiger partial charge is 0.395 e. The molecule has 3 N–H and O–H groups in total. The van der Waals surface area contributed by atoms with E-state index in [9.17, 15) is 9.59 Å². The summed E-state index contributed by atoms with van der Waals surface area (Å²) in [5, 5.41) is 13.6. The van der Waals surface area contributed by atoms with Crippen LogP contribution in [0.3, 0.4) is 0 Å². The number of likely N-dealkylation sites (N-methyl/N-ethyl adjacent to an activating group) is 1. The van der Waals surface area contributed by atoms with E-state index in [1.165, 1.54) is 7.05 Å². The third kappa shape index (κ3) is 4.75. The zero-order valence-corrected chi connectivity index (χ0v) is 11.6. The molecule has 0 bridgehead atoms. The Labute approximate surface area is 118 Å². The van der Waals surface area contributed by atoms with Gasteiger partial charge in [-0.25, -0.2) is 0 Å². The van der Waals surface area contributed by atoms with Crippen LogP contribution in [0.4, 0.5) is 0 Å². The standard InChI is InChI=1S/C15H18N2O3/c1-11-6-7-13(9-12(11)5-3-4-8-18)15(20)17-10-14(19)16-2/h6-7,9,18H,4,8,10H2,1-2H3,(H,16,19)(H,17,20). The number of hydrogen-bond donors (Lipinski definition) is 3. The second-order valence-corrected chi connectivity index (χ2v) is 4.16. The minimum Gasteiger partial charge on any atom is -0.395 e. The number of aliphatic hydroxyl groups is 1. The van der Waals surface area contributed by atoms with E-state index in [0.717, 1.165) is 11.1 Å². The molecule has 0 unspecified atom stereocenters. The highest BCUT2D eigenvalue weighted by Crippen LogP contribution is 2.10. The Morgan fingerprint density at radius 3 is 2.75 bits per heavy atom. The number of hydrogen-bond acceptors (Lipinski definition) is 3. The average molecular weight is 274 g/mol. The van der Waals surface area contributed by atoms with Crippen LogP contribution in [0.15, 0.2) is 18.2 Å². The summed E-state index contributed by atoms with van der Waals surface area (Å²) in [6.07, 6.45) is 0.395. The van der Waals surface area contributed by atoms with Gasteiger partial charge in [0.05, 0.1) is 13.2 Å². The molecule has 0 radical (unpaired) electrons. The molecule has 0 aliphatic rings. The highest BCUT2D eigenvalue weighted by molar-refractivity contribution is 5.96. The minimum absolute atomic E-state index is 0.0123. The molecule has 2 amide bonds. The van der Waals surface area contributed by atoms with Gasteiger partial charge in [0.2, 0.25) is 5.91 Å². The molecule has 0 heterocycles. The summed E-state index contributed by atoms with van der Waals surface area (Å²) < 4.78 is 0. The maximum absolute atomic E-state index is 11.9. The molecule has 0 spiro atoms. The fourth-order valence-corrected chi connectivity index (χ4v) is 1.46. The molecule has 5 nitrogen and oxygen atoms in total.